The van der Waals surface area contributed by atoms with Crippen molar-refractivity contribution in [2.75, 3.05) is 13.1 Å². The van der Waals surface area contributed by atoms with Gasteiger partial charge >= 0.3 is 0 Å². The summed E-state index contributed by atoms with van der Waals surface area (Å²) in [5.74, 6) is 0.958. The van der Waals surface area contributed by atoms with Gasteiger partial charge in [-0.2, -0.15) is 0 Å². The van der Waals surface area contributed by atoms with E-state index < -0.39 is 0 Å². The smallest absolute Gasteiger partial charge is 0.171 e. The van der Waals surface area contributed by atoms with E-state index in [0.29, 0.717) is 0 Å². The summed E-state index contributed by atoms with van der Waals surface area (Å²) >= 11 is 0. The van der Waals surface area contributed by atoms with E-state index in [1.165, 1.54) is 37.1 Å². The number of hydrogen-bond donors (Lipinski definition) is 0. The molecule has 3 aromatic heterocycles. The Morgan fingerprint density at radius 3 is 2.69 bits per heavy atom. The van der Waals surface area contributed by atoms with Gasteiger partial charge in [0, 0.05) is 30.1 Å². The lowest BCUT2D eigenvalue weighted by atomic mass is 10.0. The summed E-state index contributed by atoms with van der Waals surface area (Å²) in [6.07, 6.45) is 9.76. The van der Waals surface area contributed by atoms with Crippen molar-refractivity contribution < 1.29 is 4.42 Å². The van der Waals surface area contributed by atoms with Crippen LogP contribution in [-0.2, 0) is 19.4 Å². The molecule has 6 heteroatoms. The first-order chi connectivity index (χ1) is 15.8. The van der Waals surface area contributed by atoms with Gasteiger partial charge in [0.15, 0.2) is 5.65 Å². The molecule has 5 aromatic rings. The molecule has 2 aromatic carbocycles. The van der Waals surface area contributed by atoms with E-state index in [0.717, 1.165) is 53.0 Å². The fraction of sp³-hybridized carbons (Fsp3) is 0.269. The Bertz CT molecular complexity index is 1360. The average Bonchev–Trinajstić information content (AvgIpc) is 3.60. The van der Waals surface area contributed by atoms with Crippen molar-refractivity contribution in [2.24, 2.45) is 0 Å². The van der Waals surface area contributed by atoms with Crippen LogP contribution in [0, 0.1) is 0 Å². The number of fused-ring (bicyclic) bond motifs is 2. The molecule has 32 heavy (non-hydrogen) atoms. The topological polar surface area (TPSA) is 59.5 Å². The van der Waals surface area contributed by atoms with E-state index in [1.54, 1.807) is 12.6 Å². The normalized spacial score (nSPS) is 14.6. The SMILES string of the molecule is c1cc(CCc2ncc(-c3ccc(CN4CCCC4)cc3)c3nncn23)c2ccoc2c1. The Labute approximate surface area is 186 Å². The first kappa shape index (κ1) is 19.2. The van der Waals surface area contributed by atoms with E-state index in [-0.39, 0.29) is 0 Å². The lowest BCUT2D eigenvalue weighted by molar-refractivity contribution is 0.331. The van der Waals surface area contributed by atoms with E-state index in [4.69, 9.17) is 9.40 Å². The number of aryl methyl sites for hydroxylation is 2. The molecule has 0 unspecified atom stereocenters. The minimum absolute atomic E-state index is 0.799. The third-order valence-electron chi connectivity index (χ3n) is 6.48. The molecule has 0 radical (unpaired) electrons. The lowest BCUT2D eigenvalue weighted by Crippen LogP contribution is -2.18. The van der Waals surface area contributed by atoms with Crippen LogP contribution in [0.3, 0.4) is 0 Å². The number of hydrogen-bond acceptors (Lipinski definition) is 5. The maximum Gasteiger partial charge on any atom is 0.171 e. The molecule has 0 amide bonds. The molecule has 1 fully saturated rings. The highest BCUT2D eigenvalue weighted by Gasteiger charge is 2.14. The van der Waals surface area contributed by atoms with E-state index in [2.05, 4.69) is 45.4 Å². The van der Waals surface area contributed by atoms with Gasteiger partial charge in [-0.3, -0.25) is 9.30 Å². The standard InChI is InChI=1S/C26H25N5O/c1-2-14-30(13-1)17-19-6-8-21(9-7-19)23-16-27-25(31-18-28-29-26(23)31)11-10-20-4-3-5-24-22(20)12-15-32-24/h3-9,12,15-16,18H,1-2,10-11,13-14,17H2. The largest absolute Gasteiger partial charge is 0.464 e. The average molecular weight is 424 g/mol. The van der Waals surface area contributed by atoms with Crippen LogP contribution < -0.4 is 0 Å². The molecule has 0 saturated carbocycles. The monoisotopic (exact) mass is 423 g/mol. The highest BCUT2D eigenvalue weighted by molar-refractivity contribution is 5.81. The molecule has 1 saturated heterocycles. The zero-order valence-electron chi connectivity index (χ0n) is 17.9. The lowest BCUT2D eigenvalue weighted by Gasteiger charge is -2.15. The predicted molar refractivity (Wildman–Crippen MR) is 124 cm³/mol. The maximum atomic E-state index is 5.53. The van der Waals surface area contributed by atoms with Crippen molar-refractivity contribution in [3.05, 3.63) is 84.3 Å². The van der Waals surface area contributed by atoms with Gasteiger partial charge in [0.2, 0.25) is 0 Å². The molecule has 6 rings (SSSR count). The van der Waals surface area contributed by atoms with Crippen molar-refractivity contribution in [2.45, 2.75) is 32.2 Å². The molecular formula is C26H25N5O. The molecule has 0 aliphatic carbocycles. The van der Waals surface area contributed by atoms with Crippen molar-refractivity contribution >= 4 is 16.6 Å². The second-order valence-electron chi connectivity index (χ2n) is 8.54. The molecule has 4 heterocycles. The van der Waals surface area contributed by atoms with Gasteiger partial charge in [-0.15, -0.1) is 10.2 Å². The van der Waals surface area contributed by atoms with Gasteiger partial charge in [-0.1, -0.05) is 36.4 Å². The van der Waals surface area contributed by atoms with Crippen LogP contribution in [0.15, 0.2) is 71.7 Å². The quantitative estimate of drug-likeness (QED) is 0.388. The molecule has 0 N–H and O–H groups in total. The second-order valence-corrected chi connectivity index (χ2v) is 8.54. The van der Waals surface area contributed by atoms with Crippen LogP contribution >= 0.6 is 0 Å². The van der Waals surface area contributed by atoms with E-state index in [9.17, 15) is 0 Å². The highest BCUT2D eigenvalue weighted by atomic mass is 16.3. The summed E-state index contributed by atoms with van der Waals surface area (Å²) in [7, 11) is 0. The van der Waals surface area contributed by atoms with Gasteiger partial charge in [-0.25, -0.2) is 4.98 Å². The van der Waals surface area contributed by atoms with Gasteiger partial charge in [0.1, 0.15) is 17.7 Å². The Kier molecular flexibility index (Phi) is 4.92. The minimum atomic E-state index is 0.799. The predicted octanol–water partition coefficient (Wildman–Crippen LogP) is 4.92. The number of nitrogens with zero attached hydrogens (tertiary/aromatic N) is 5. The summed E-state index contributed by atoms with van der Waals surface area (Å²) in [5.41, 5.74) is 6.52. The number of likely N-dealkylation sites (tertiary alicyclic amines) is 1. The maximum absolute atomic E-state index is 5.53. The third kappa shape index (κ3) is 3.56. The molecule has 6 nitrogen and oxygen atoms in total. The van der Waals surface area contributed by atoms with Gasteiger partial charge < -0.3 is 4.42 Å². The summed E-state index contributed by atoms with van der Waals surface area (Å²) < 4.78 is 7.55. The molecule has 0 spiro atoms. The summed E-state index contributed by atoms with van der Waals surface area (Å²) in [5, 5.41) is 9.75. The van der Waals surface area contributed by atoms with Gasteiger partial charge in [-0.05, 0) is 61.2 Å². The van der Waals surface area contributed by atoms with Gasteiger partial charge in [0.05, 0.1) is 6.26 Å². The molecule has 1 aliphatic rings. The molecule has 0 bridgehead atoms. The minimum Gasteiger partial charge on any atom is -0.464 e. The van der Waals surface area contributed by atoms with Crippen LogP contribution in [-0.4, -0.2) is 37.6 Å². The van der Waals surface area contributed by atoms with E-state index in [1.807, 2.05) is 28.8 Å². The van der Waals surface area contributed by atoms with Crippen LogP contribution in [0.25, 0.3) is 27.7 Å². The zero-order chi connectivity index (χ0) is 21.3. The Hall–Kier alpha value is -3.51. The first-order valence-corrected chi connectivity index (χ1v) is 11.3. The zero-order valence-corrected chi connectivity index (χ0v) is 17.9. The Morgan fingerprint density at radius 2 is 1.81 bits per heavy atom. The van der Waals surface area contributed by atoms with Crippen molar-refractivity contribution in [1.82, 2.24) is 24.5 Å². The van der Waals surface area contributed by atoms with Crippen LogP contribution in [0.4, 0.5) is 0 Å². The molecule has 160 valence electrons. The summed E-state index contributed by atoms with van der Waals surface area (Å²) in [4.78, 5) is 7.32. The van der Waals surface area contributed by atoms with Gasteiger partial charge in [0.25, 0.3) is 0 Å². The number of rotatable bonds is 6. The number of aromatic nitrogens is 4. The van der Waals surface area contributed by atoms with Crippen molar-refractivity contribution in [1.29, 1.82) is 0 Å². The summed E-state index contributed by atoms with van der Waals surface area (Å²) in [6.45, 7) is 3.45. The molecule has 1 aliphatic heterocycles. The van der Waals surface area contributed by atoms with Crippen LogP contribution in [0.5, 0.6) is 0 Å². The molecule has 0 atom stereocenters. The third-order valence-corrected chi connectivity index (χ3v) is 6.48. The van der Waals surface area contributed by atoms with Crippen molar-refractivity contribution in [3.8, 4) is 11.1 Å². The summed E-state index contributed by atoms with van der Waals surface area (Å²) in [6, 6.07) is 17.0. The Balaban J connectivity index is 1.25. The Morgan fingerprint density at radius 1 is 0.938 bits per heavy atom. The molecular weight excluding hydrogens is 398 g/mol. The van der Waals surface area contributed by atoms with Crippen molar-refractivity contribution in [3.63, 3.8) is 0 Å². The number of furan rings is 1. The number of benzene rings is 2. The van der Waals surface area contributed by atoms with Crippen LogP contribution in [0.2, 0.25) is 0 Å². The first-order valence-electron chi connectivity index (χ1n) is 11.3. The highest BCUT2D eigenvalue weighted by Crippen LogP contribution is 2.26. The fourth-order valence-corrected chi connectivity index (χ4v) is 4.77. The van der Waals surface area contributed by atoms with E-state index >= 15 is 0 Å². The van der Waals surface area contributed by atoms with Crippen LogP contribution in [0.1, 0.15) is 29.8 Å². The fourth-order valence-electron chi connectivity index (χ4n) is 4.77. The second kappa shape index (κ2) is 8.20.